The van der Waals surface area contributed by atoms with Crippen molar-refractivity contribution in [2.24, 2.45) is 0 Å². The summed E-state index contributed by atoms with van der Waals surface area (Å²) in [6, 6.07) is 5.76. The second-order valence-electron chi connectivity index (χ2n) is 3.53. The van der Waals surface area contributed by atoms with Gasteiger partial charge < -0.3 is 4.74 Å². The van der Waals surface area contributed by atoms with E-state index in [1.807, 2.05) is 0 Å². The van der Waals surface area contributed by atoms with Gasteiger partial charge >= 0.3 is 0 Å². The molecule has 0 unspecified atom stereocenters. The Morgan fingerprint density at radius 2 is 2.06 bits per heavy atom. The second-order valence-corrected chi connectivity index (χ2v) is 5.34. The molecule has 18 heavy (non-hydrogen) atoms. The lowest BCUT2D eigenvalue weighted by Crippen LogP contribution is -2.28. The summed E-state index contributed by atoms with van der Waals surface area (Å²) < 4.78 is 30.3. The van der Waals surface area contributed by atoms with Crippen LogP contribution >= 0.6 is 0 Å². The third kappa shape index (κ3) is 4.40. The van der Waals surface area contributed by atoms with Crippen LogP contribution in [0.4, 0.5) is 5.69 Å². The van der Waals surface area contributed by atoms with Crippen molar-refractivity contribution in [3.63, 3.8) is 0 Å². The van der Waals surface area contributed by atoms with Crippen molar-refractivity contribution in [2.45, 2.75) is 5.75 Å². The van der Waals surface area contributed by atoms with Crippen molar-refractivity contribution in [1.29, 1.82) is 0 Å². The fourth-order valence-electron chi connectivity index (χ4n) is 1.37. The highest BCUT2D eigenvalue weighted by Gasteiger charge is 2.19. The van der Waals surface area contributed by atoms with Crippen molar-refractivity contribution in [3.8, 4) is 0 Å². The highest BCUT2D eigenvalue weighted by atomic mass is 32.2. The van der Waals surface area contributed by atoms with E-state index in [0.29, 0.717) is 0 Å². The predicted octanol–water partition coefficient (Wildman–Crippen LogP) is 0.661. The van der Waals surface area contributed by atoms with Gasteiger partial charge in [0.25, 0.3) is 5.69 Å². The molecule has 0 radical (unpaired) electrons. The van der Waals surface area contributed by atoms with Crippen LogP contribution in [0.5, 0.6) is 0 Å². The Morgan fingerprint density at radius 3 is 2.67 bits per heavy atom. The maximum absolute atomic E-state index is 11.7. The van der Waals surface area contributed by atoms with Crippen LogP contribution in [0.15, 0.2) is 24.3 Å². The van der Waals surface area contributed by atoms with Crippen molar-refractivity contribution in [2.75, 3.05) is 20.3 Å². The van der Waals surface area contributed by atoms with Crippen molar-refractivity contribution >= 4 is 15.7 Å². The van der Waals surface area contributed by atoms with Crippen LogP contribution in [0.2, 0.25) is 0 Å². The largest absolute Gasteiger partial charge is 0.383 e. The van der Waals surface area contributed by atoms with Crippen LogP contribution in [0.3, 0.4) is 0 Å². The molecule has 0 fully saturated rings. The molecule has 100 valence electrons. The van der Waals surface area contributed by atoms with E-state index in [0.717, 1.165) is 0 Å². The van der Waals surface area contributed by atoms with E-state index < -0.39 is 20.7 Å². The van der Waals surface area contributed by atoms with Gasteiger partial charge in [0.1, 0.15) is 0 Å². The van der Waals surface area contributed by atoms with E-state index in [-0.39, 0.29) is 24.4 Å². The molecule has 0 saturated heterocycles. The minimum absolute atomic E-state index is 0.138. The summed E-state index contributed by atoms with van der Waals surface area (Å²) in [4.78, 5) is 10.1. The molecule has 1 aromatic rings. The molecule has 1 N–H and O–H groups in total. The molecule has 1 rings (SSSR count). The molecular weight excluding hydrogens is 260 g/mol. The van der Waals surface area contributed by atoms with Gasteiger partial charge in [-0.3, -0.25) is 10.1 Å². The third-order valence-electron chi connectivity index (χ3n) is 2.16. The zero-order valence-corrected chi connectivity index (χ0v) is 10.6. The smallest absolute Gasteiger partial charge is 0.273 e. The number of nitrogens with zero attached hydrogens (tertiary/aromatic N) is 1. The molecule has 1 aromatic carbocycles. The molecule has 8 heteroatoms. The summed E-state index contributed by atoms with van der Waals surface area (Å²) in [5.74, 6) is -0.423. The Bertz CT molecular complexity index is 515. The first kappa shape index (κ1) is 14.6. The van der Waals surface area contributed by atoms with Crippen molar-refractivity contribution < 1.29 is 18.1 Å². The quantitative estimate of drug-likeness (QED) is 0.447. The van der Waals surface area contributed by atoms with Crippen LogP contribution in [0.25, 0.3) is 0 Å². The minimum atomic E-state index is -3.60. The molecule has 0 bridgehead atoms. The molecular formula is C10H14N2O5S. The number of hydrogen-bond acceptors (Lipinski definition) is 5. The fourth-order valence-corrected chi connectivity index (χ4v) is 2.52. The maximum atomic E-state index is 11.7. The molecule has 0 aliphatic rings. The van der Waals surface area contributed by atoms with E-state index in [1.54, 1.807) is 6.07 Å². The molecule has 0 aliphatic carbocycles. The lowest BCUT2D eigenvalue weighted by molar-refractivity contribution is -0.385. The number of methoxy groups -OCH3 is 1. The van der Waals surface area contributed by atoms with Crippen LogP contribution in [-0.4, -0.2) is 33.6 Å². The number of nitro benzene ring substituents is 1. The topological polar surface area (TPSA) is 98.5 Å². The number of nitrogens with one attached hydrogen (secondary N) is 1. The summed E-state index contributed by atoms with van der Waals surface area (Å²) in [5.41, 5.74) is -0.0398. The van der Waals surface area contributed by atoms with Crippen LogP contribution in [0.1, 0.15) is 5.56 Å². The molecule has 0 amide bonds. The first-order chi connectivity index (χ1) is 8.46. The van der Waals surface area contributed by atoms with Gasteiger partial charge in [0.2, 0.25) is 10.0 Å². The van der Waals surface area contributed by atoms with Crippen molar-refractivity contribution in [3.05, 3.63) is 39.9 Å². The fraction of sp³-hybridized carbons (Fsp3) is 0.400. The average molecular weight is 274 g/mol. The Balaban J connectivity index is 2.81. The lowest BCUT2D eigenvalue weighted by atomic mass is 10.2. The maximum Gasteiger partial charge on any atom is 0.273 e. The Kier molecular flexibility index (Phi) is 5.20. The summed E-state index contributed by atoms with van der Waals surface area (Å²) in [6.45, 7) is 0.385. The van der Waals surface area contributed by atoms with E-state index in [1.165, 1.54) is 25.3 Å². The number of hydrogen-bond donors (Lipinski definition) is 1. The summed E-state index contributed by atoms with van der Waals surface area (Å²) in [6.07, 6.45) is 0. The predicted molar refractivity (Wildman–Crippen MR) is 65.6 cm³/mol. The molecule has 0 heterocycles. The van der Waals surface area contributed by atoms with Gasteiger partial charge in [0, 0.05) is 25.3 Å². The summed E-state index contributed by atoms with van der Waals surface area (Å²) in [7, 11) is -2.14. The average Bonchev–Trinajstić information content (AvgIpc) is 2.29. The highest BCUT2D eigenvalue weighted by Crippen LogP contribution is 2.19. The van der Waals surface area contributed by atoms with Gasteiger partial charge in [-0.25, -0.2) is 13.1 Å². The number of rotatable bonds is 7. The number of para-hydroxylation sites is 1. The normalized spacial score (nSPS) is 11.4. The SMILES string of the molecule is COCCNS(=O)(=O)Cc1ccccc1[N+](=O)[O-]. The summed E-state index contributed by atoms with van der Waals surface area (Å²) >= 11 is 0. The molecule has 7 nitrogen and oxygen atoms in total. The van der Waals surface area contributed by atoms with E-state index >= 15 is 0 Å². The van der Waals surface area contributed by atoms with Crippen molar-refractivity contribution in [1.82, 2.24) is 4.72 Å². The number of sulfonamides is 1. The van der Waals surface area contributed by atoms with E-state index in [2.05, 4.69) is 4.72 Å². The van der Waals surface area contributed by atoms with E-state index in [4.69, 9.17) is 4.74 Å². The number of ether oxygens (including phenoxy) is 1. The van der Waals surface area contributed by atoms with Crippen LogP contribution in [0, 0.1) is 10.1 Å². The zero-order valence-electron chi connectivity index (χ0n) is 9.83. The van der Waals surface area contributed by atoms with E-state index in [9.17, 15) is 18.5 Å². The number of nitro groups is 1. The highest BCUT2D eigenvalue weighted by molar-refractivity contribution is 7.88. The Morgan fingerprint density at radius 1 is 1.39 bits per heavy atom. The van der Waals surface area contributed by atoms with Gasteiger partial charge in [-0.15, -0.1) is 0 Å². The van der Waals surface area contributed by atoms with Gasteiger partial charge in [-0.1, -0.05) is 18.2 Å². The Labute approximate surface area is 105 Å². The monoisotopic (exact) mass is 274 g/mol. The van der Waals surface area contributed by atoms with Gasteiger partial charge in [0.15, 0.2) is 0 Å². The molecule has 0 saturated carbocycles. The molecule has 0 spiro atoms. The van der Waals surface area contributed by atoms with Crippen LogP contribution < -0.4 is 4.72 Å². The Hall–Kier alpha value is -1.51. The first-order valence-corrected chi connectivity index (χ1v) is 6.80. The minimum Gasteiger partial charge on any atom is -0.383 e. The zero-order chi connectivity index (χ0) is 13.6. The first-order valence-electron chi connectivity index (χ1n) is 5.15. The van der Waals surface area contributed by atoms with Gasteiger partial charge in [-0.05, 0) is 0 Å². The third-order valence-corrected chi connectivity index (χ3v) is 3.50. The molecule has 0 atom stereocenters. The standard InChI is InChI=1S/C10H14N2O5S/c1-17-7-6-11-18(15,16)8-9-4-2-3-5-10(9)12(13)14/h2-5,11H,6-8H2,1H3. The lowest BCUT2D eigenvalue weighted by Gasteiger charge is -2.06. The number of benzene rings is 1. The molecule has 0 aliphatic heterocycles. The van der Waals surface area contributed by atoms with Gasteiger partial charge in [0.05, 0.1) is 17.3 Å². The van der Waals surface area contributed by atoms with Gasteiger partial charge in [-0.2, -0.15) is 0 Å². The van der Waals surface area contributed by atoms with Crippen LogP contribution in [-0.2, 0) is 20.5 Å². The second kappa shape index (κ2) is 6.43. The molecule has 0 aromatic heterocycles. The summed E-state index contributed by atoms with van der Waals surface area (Å²) in [5, 5.41) is 10.7.